The molecule has 0 N–H and O–H groups in total. The normalized spacial score (nSPS) is 16.9. The van der Waals surface area contributed by atoms with Crippen LogP contribution in [0.2, 0.25) is 0 Å². The van der Waals surface area contributed by atoms with Crippen LogP contribution in [-0.4, -0.2) is 50.2 Å². The second-order valence-corrected chi connectivity index (χ2v) is 8.01. The first-order valence-corrected chi connectivity index (χ1v) is 9.92. The van der Waals surface area contributed by atoms with Crippen molar-refractivity contribution in [3.05, 3.63) is 35.9 Å². The first kappa shape index (κ1) is 18.7. The van der Waals surface area contributed by atoms with Gasteiger partial charge in [-0.05, 0) is 43.5 Å². The fraction of sp³-hybridized carbons (Fsp3) is 0.500. The van der Waals surface area contributed by atoms with Crippen molar-refractivity contribution in [2.45, 2.75) is 37.5 Å². The van der Waals surface area contributed by atoms with Gasteiger partial charge in [0.1, 0.15) is 0 Å². The van der Waals surface area contributed by atoms with Crippen molar-refractivity contribution < 1.29 is 13.2 Å². The fourth-order valence-electron chi connectivity index (χ4n) is 2.63. The Morgan fingerprint density at radius 1 is 1.12 bits per heavy atom. The van der Waals surface area contributed by atoms with E-state index in [-0.39, 0.29) is 5.91 Å². The summed E-state index contributed by atoms with van der Waals surface area (Å²) in [6, 6.07) is 6.71. The van der Waals surface area contributed by atoms with Crippen LogP contribution in [0, 0.1) is 0 Å². The summed E-state index contributed by atoms with van der Waals surface area (Å²) in [7, 11) is -1.68. The van der Waals surface area contributed by atoms with Crippen molar-refractivity contribution in [2.75, 3.05) is 26.7 Å². The van der Waals surface area contributed by atoms with E-state index in [1.807, 2.05) is 6.92 Å². The average Bonchev–Trinajstić information content (AvgIpc) is 2.89. The van der Waals surface area contributed by atoms with E-state index in [2.05, 4.69) is 0 Å². The molecule has 1 aromatic rings. The molecule has 1 aromatic carbocycles. The fourth-order valence-corrected chi connectivity index (χ4v) is 4.15. The summed E-state index contributed by atoms with van der Waals surface area (Å²) in [5, 5.41) is 0. The van der Waals surface area contributed by atoms with Gasteiger partial charge in [-0.2, -0.15) is 4.31 Å². The Morgan fingerprint density at radius 2 is 1.71 bits per heavy atom. The monoisotopic (exact) mass is 350 g/mol. The first-order valence-electron chi connectivity index (χ1n) is 8.48. The van der Waals surface area contributed by atoms with Crippen LogP contribution < -0.4 is 0 Å². The first-order chi connectivity index (χ1) is 11.4. The van der Waals surface area contributed by atoms with Crippen LogP contribution in [0.4, 0.5) is 0 Å². The summed E-state index contributed by atoms with van der Waals surface area (Å²) in [6.45, 7) is 3.76. The second-order valence-electron chi connectivity index (χ2n) is 6.07. The molecule has 1 amide bonds. The molecule has 5 nitrogen and oxygen atoms in total. The molecule has 0 unspecified atom stereocenters. The van der Waals surface area contributed by atoms with Crippen molar-refractivity contribution in [1.29, 1.82) is 0 Å². The number of benzene rings is 1. The van der Waals surface area contributed by atoms with Gasteiger partial charge in [-0.15, -0.1) is 0 Å². The standard InChI is InChI=1S/C18H26N2O3S/c1-3-19(2)18(21)13-10-16-8-11-17(12-9-16)24(22,23)20-14-6-4-5-7-15-20/h8-13H,3-7,14-15H2,1-2H3/b13-10+. The van der Waals surface area contributed by atoms with Crippen LogP contribution in [0.25, 0.3) is 6.08 Å². The molecule has 6 heteroatoms. The van der Waals surface area contributed by atoms with Gasteiger partial charge in [-0.25, -0.2) is 8.42 Å². The van der Waals surface area contributed by atoms with E-state index in [0.29, 0.717) is 24.5 Å². The smallest absolute Gasteiger partial charge is 0.246 e. The molecule has 1 saturated heterocycles. The Hall–Kier alpha value is -1.66. The third-order valence-corrected chi connectivity index (χ3v) is 6.26. The van der Waals surface area contributed by atoms with E-state index in [4.69, 9.17) is 0 Å². The molecule has 132 valence electrons. The van der Waals surface area contributed by atoms with Crippen molar-refractivity contribution in [3.8, 4) is 0 Å². The Bertz CT molecular complexity index is 673. The van der Waals surface area contributed by atoms with Crippen LogP contribution in [0.1, 0.15) is 38.2 Å². The topological polar surface area (TPSA) is 57.7 Å². The Morgan fingerprint density at radius 3 is 2.25 bits per heavy atom. The lowest BCUT2D eigenvalue weighted by Gasteiger charge is -2.19. The number of amides is 1. The number of carbonyl (C=O) groups is 1. The maximum Gasteiger partial charge on any atom is 0.246 e. The van der Waals surface area contributed by atoms with Gasteiger partial charge >= 0.3 is 0 Å². The van der Waals surface area contributed by atoms with E-state index in [1.54, 1.807) is 46.6 Å². The lowest BCUT2D eigenvalue weighted by Crippen LogP contribution is -2.31. The lowest BCUT2D eigenvalue weighted by atomic mass is 10.2. The van der Waals surface area contributed by atoms with Crippen LogP contribution in [0.15, 0.2) is 35.2 Å². The van der Waals surface area contributed by atoms with Crippen LogP contribution >= 0.6 is 0 Å². The minimum absolute atomic E-state index is 0.0706. The van der Waals surface area contributed by atoms with E-state index < -0.39 is 10.0 Å². The van der Waals surface area contributed by atoms with Crippen molar-refractivity contribution >= 4 is 22.0 Å². The van der Waals surface area contributed by atoms with Crippen LogP contribution in [0.5, 0.6) is 0 Å². The highest BCUT2D eigenvalue weighted by atomic mass is 32.2. The predicted molar refractivity (Wildman–Crippen MR) is 96.0 cm³/mol. The maximum absolute atomic E-state index is 12.7. The van der Waals surface area contributed by atoms with Crippen LogP contribution in [-0.2, 0) is 14.8 Å². The van der Waals surface area contributed by atoms with E-state index in [9.17, 15) is 13.2 Å². The van der Waals surface area contributed by atoms with Gasteiger partial charge in [0.15, 0.2) is 0 Å². The Balaban J connectivity index is 2.10. The largest absolute Gasteiger partial charge is 0.343 e. The maximum atomic E-state index is 12.7. The van der Waals surface area contributed by atoms with Crippen molar-refractivity contribution in [3.63, 3.8) is 0 Å². The summed E-state index contributed by atoms with van der Waals surface area (Å²) >= 11 is 0. The van der Waals surface area contributed by atoms with E-state index in [0.717, 1.165) is 31.2 Å². The highest BCUT2D eigenvalue weighted by Crippen LogP contribution is 2.21. The van der Waals surface area contributed by atoms with E-state index >= 15 is 0 Å². The summed E-state index contributed by atoms with van der Waals surface area (Å²) in [5.41, 5.74) is 0.808. The summed E-state index contributed by atoms with van der Waals surface area (Å²) < 4.78 is 27.0. The lowest BCUT2D eigenvalue weighted by molar-refractivity contribution is -0.124. The molecular weight excluding hydrogens is 324 g/mol. The molecule has 0 spiro atoms. The molecule has 0 atom stereocenters. The SMILES string of the molecule is CCN(C)C(=O)/C=C/c1ccc(S(=O)(=O)N2CCCCCC2)cc1. The number of nitrogens with zero attached hydrogens (tertiary/aromatic N) is 2. The number of hydrogen-bond acceptors (Lipinski definition) is 3. The molecule has 1 aliphatic rings. The average molecular weight is 350 g/mol. The minimum atomic E-state index is -3.42. The zero-order valence-corrected chi connectivity index (χ0v) is 15.3. The Kier molecular flexibility index (Phi) is 6.57. The molecule has 2 rings (SSSR count). The van der Waals surface area contributed by atoms with Gasteiger partial charge < -0.3 is 4.90 Å². The zero-order valence-electron chi connectivity index (χ0n) is 14.4. The van der Waals surface area contributed by atoms with Gasteiger partial charge in [0.25, 0.3) is 0 Å². The van der Waals surface area contributed by atoms with Crippen LogP contribution in [0.3, 0.4) is 0 Å². The molecule has 0 saturated carbocycles. The van der Waals surface area contributed by atoms with Crippen molar-refractivity contribution in [2.24, 2.45) is 0 Å². The molecule has 1 aliphatic heterocycles. The minimum Gasteiger partial charge on any atom is -0.343 e. The molecule has 0 bridgehead atoms. The molecular formula is C18H26N2O3S. The number of sulfonamides is 1. The summed E-state index contributed by atoms with van der Waals surface area (Å²) in [5.74, 6) is -0.0706. The quantitative estimate of drug-likeness (QED) is 0.767. The number of carbonyl (C=O) groups excluding carboxylic acids is 1. The predicted octanol–water partition coefficient (Wildman–Crippen LogP) is 2.74. The third-order valence-electron chi connectivity index (χ3n) is 4.35. The Labute approximate surface area is 145 Å². The molecule has 1 heterocycles. The molecule has 0 radical (unpaired) electrons. The molecule has 0 aromatic heterocycles. The highest BCUT2D eigenvalue weighted by Gasteiger charge is 2.24. The van der Waals surface area contributed by atoms with Gasteiger partial charge in [0, 0.05) is 32.8 Å². The second kappa shape index (κ2) is 8.44. The number of rotatable bonds is 5. The van der Waals surface area contributed by atoms with Crippen molar-refractivity contribution in [1.82, 2.24) is 9.21 Å². The van der Waals surface area contributed by atoms with E-state index in [1.165, 1.54) is 6.08 Å². The third kappa shape index (κ3) is 4.68. The molecule has 24 heavy (non-hydrogen) atoms. The van der Waals surface area contributed by atoms with Gasteiger partial charge in [0.2, 0.25) is 15.9 Å². The summed E-state index contributed by atoms with van der Waals surface area (Å²) in [6.07, 6.45) is 7.24. The number of hydrogen-bond donors (Lipinski definition) is 0. The summed E-state index contributed by atoms with van der Waals surface area (Å²) in [4.78, 5) is 13.7. The molecule has 0 aliphatic carbocycles. The zero-order chi connectivity index (χ0) is 17.6. The van der Waals surface area contributed by atoms with Gasteiger partial charge in [-0.1, -0.05) is 25.0 Å². The molecule has 1 fully saturated rings. The van der Waals surface area contributed by atoms with Gasteiger partial charge in [0.05, 0.1) is 4.90 Å². The van der Waals surface area contributed by atoms with Gasteiger partial charge in [-0.3, -0.25) is 4.79 Å². The number of likely N-dealkylation sites (N-methyl/N-ethyl adjacent to an activating group) is 1. The highest BCUT2D eigenvalue weighted by molar-refractivity contribution is 7.89.